The first-order valence-corrected chi connectivity index (χ1v) is 6.65. The van der Waals surface area contributed by atoms with Gasteiger partial charge in [-0.2, -0.15) is 0 Å². The van der Waals surface area contributed by atoms with Gasteiger partial charge in [0.05, 0.1) is 0 Å². The smallest absolute Gasteiger partial charge is 0.132 e. The van der Waals surface area contributed by atoms with Gasteiger partial charge in [0.15, 0.2) is 0 Å². The molecule has 1 fully saturated rings. The van der Waals surface area contributed by atoms with Crippen LogP contribution in [-0.4, -0.2) is 55.4 Å². The van der Waals surface area contributed by atoms with E-state index in [9.17, 15) is 4.79 Å². The largest absolute Gasteiger partial charge is 0.305 e. The molecule has 0 amide bonds. The van der Waals surface area contributed by atoms with Crippen LogP contribution in [0.5, 0.6) is 0 Å². The zero-order valence-electron chi connectivity index (χ0n) is 10.9. The number of hydrogen-bond donors (Lipinski definition) is 0. The van der Waals surface area contributed by atoms with Crippen molar-refractivity contribution in [3.63, 3.8) is 0 Å². The van der Waals surface area contributed by atoms with Crippen LogP contribution >= 0.6 is 0 Å². The minimum absolute atomic E-state index is 0.396. The Kier molecular flexibility index (Phi) is 6.65. The number of rotatable bonds is 8. The fourth-order valence-corrected chi connectivity index (χ4v) is 2.15. The molecule has 0 aliphatic carbocycles. The molecule has 1 saturated heterocycles. The fraction of sp³-hybridized carbons (Fsp3) is 0.923. The molecule has 0 bridgehead atoms. The molecule has 0 aromatic heterocycles. The van der Waals surface area contributed by atoms with Gasteiger partial charge in [0.2, 0.25) is 0 Å². The van der Waals surface area contributed by atoms with Crippen molar-refractivity contribution in [3.05, 3.63) is 0 Å². The lowest BCUT2D eigenvalue weighted by atomic mass is 10.2. The van der Waals surface area contributed by atoms with Gasteiger partial charge in [0, 0.05) is 25.9 Å². The highest BCUT2D eigenvalue weighted by atomic mass is 16.1. The third-order valence-electron chi connectivity index (χ3n) is 3.39. The molecule has 1 rings (SSSR count). The van der Waals surface area contributed by atoms with Crippen LogP contribution in [0.3, 0.4) is 0 Å². The third-order valence-corrected chi connectivity index (χ3v) is 3.39. The third kappa shape index (κ3) is 5.61. The predicted octanol–water partition coefficient (Wildman–Crippen LogP) is 1.77. The molecule has 0 aromatic rings. The lowest BCUT2D eigenvalue weighted by Gasteiger charge is -2.21. The van der Waals surface area contributed by atoms with E-state index >= 15 is 0 Å². The Balaban J connectivity index is 1.97. The quantitative estimate of drug-likeness (QED) is 0.630. The van der Waals surface area contributed by atoms with E-state index < -0.39 is 0 Å². The Labute approximate surface area is 99.8 Å². The number of nitrogens with zero attached hydrogens (tertiary/aromatic N) is 2. The van der Waals surface area contributed by atoms with Gasteiger partial charge in [-0.15, -0.1) is 0 Å². The predicted molar refractivity (Wildman–Crippen MR) is 67.7 cm³/mol. The lowest BCUT2D eigenvalue weighted by Crippen LogP contribution is -2.32. The number of carbonyl (C=O) groups is 1. The fourth-order valence-electron chi connectivity index (χ4n) is 2.15. The highest BCUT2D eigenvalue weighted by molar-refractivity contribution is 5.77. The molecule has 0 atom stereocenters. The van der Waals surface area contributed by atoms with E-state index in [4.69, 9.17) is 0 Å². The molecule has 1 aliphatic heterocycles. The van der Waals surface area contributed by atoms with Crippen LogP contribution in [0.25, 0.3) is 0 Å². The number of hydrogen-bond acceptors (Lipinski definition) is 3. The zero-order valence-corrected chi connectivity index (χ0v) is 10.9. The van der Waals surface area contributed by atoms with Gasteiger partial charge in [-0.25, -0.2) is 0 Å². The average molecular weight is 226 g/mol. The van der Waals surface area contributed by atoms with E-state index in [-0.39, 0.29) is 0 Å². The van der Waals surface area contributed by atoms with Crippen LogP contribution in [0.4, 0.5) is 0 Å². The Bertz CT molecular complexity index is 200. The molecular formula is C13H26N2O. The van der Waals surface area contributed by atoms with Crippen molar-refractivity contribution in [1.29, 1.82) is 0 Å². The monoisotopic (exact) mass is 226 g/mol. The van der Waals surface area contributed by atoms with E-state index in [2.05, 4.69) is 16.8 Å². The molecule has 0 unspecified atom stereocenters. The maximum absolute atomic E-state index is 11.1. The highest BCUT2D eigenvalue weighted by Crippen LogP contribution is 2.06. The first-order valence-electron chi connectivity index (χ1n) is 6.65. The van der Waals surface area contributed by atoms with Crippen molar-refractivity contribution in [3.8, 4) is 0 Å². The SMILES string of the molecule is CCC(=O)CCCN(C)CCN1CCCC1. The standard InChI is InChI=1S/C13H26N2O/c1-3-13(16)7-6-8-14(2)11-12-15-9-4-5-10-15/h3-12H2,1-2H3. The van der Waals surface area contributed by atoms with Crippen molar-refractivity contribution in [2.24, 2.45) is 0 Å². The van der Waals surface area contributed by atoms with Gasteiger partial charge >= 0.3 is 0 Å². The van der Waals surface area contributed by atoms with Gasteiger partial charge in [0.1, 0.15) is 5.78 Å². The number of likely N-dealkylation sites (tertiary alicyclic amines) is 1. The first kappa shape index (κ1) is 13.7. The molecule has 16 heavy (non-hydrogen) atoms. The summed E-state index contributed by atoms with van der Waals surface area (Å²) in [5.74, 6) is 0.396. The first-order chi connectivity index (χ1) is 7.72. The molecule has 0 saturated carbocycles. The van der Waals surface area contributed by atoms with Crippen molar-refractivity contribution < 1.29 is 4.79 Å². The number of Topliss-reactive ketones (excluding diaryl/α,β-unsaturated/α-hetero) is 1. The Morgan fingerprint density at radius 1 is 1.25 bits per heavy atom. The minimum atomic E-state index is 0.396. The van der Waals surface area contributed by atoms with Crippen molar-refractivity contribution in [2.45, 2.75) is 39.0 Å². The van der Waals surface area contributed by atoms with Gasteiger partial charge in [0.25, 0.3) is 0 Å². The van der Waals surface area contributed by atoms with Crippen LogP contribution in [0.2, 0.25) is 0 Å². The Morgan fingerprint density at radius 3 is 2.56 bits per heavy atom. The maximum Gasteiger partial charge on any atom is 0.132 e. The van der Waals surface area contributed by atoms with Gasteiger partial charge in [-0.1, -0.05) is 6.92 Å². The van der Waals surface area contributed by atoms with E-state index in [1.165, 1.54) is 32.5 Å². The summed E-state index contributed by atoms with van der Waals surface area (Å²) in [7, 11) is 2.16. The molecule has 3 heteroatoms. The summed E-state index contributed by atoms with van der Waals surface area (Å²) in [5.41, 5.74) is 0. The second-order valence-electron chi connectivity index (χ2n) is 4.85. The Morgan fingerprint density at radius 2 is 1.94 bits per heavy atom. The summed E-state index contributed by atoms with van der Waals surface area (Å²) in [4.78, 5) is 16.0. The minimum Gasteiger partial charge on any atom is -0.305 e. The summed E-state index contributed by atoms with van der Waals surface area (Å²) in [6, 6.07) is 0. The van der Waals surface area contributed by atoms with Crippen LogP contribution in [0.15, 0.2) is 0 Å². The zero-order chi connectivity index (χ0) is 11.8. The van der Waals surface area contributed by atoms with E-state index in [0.29, 0.717) is 12.2 Å². The molecule has 0 spiro atoms. The van der Waals surface area contributed by atoms with Gasteiger partial charge in [-0.05, 0) is 45.9 Å². The second kappa shape index (κ2) is 7.80. The van der Waals surface area contributed by atoms with Gasteiger partial charge < -0.3 is 9.80 Å². The molecule has 0 aromatic carbocycles. The molecule has 1 aliphatic rings. The van der Waals surface area contributed by atoms with E-state index in [0.717, 1.165) is 25.9 Å². The maximum atomic E-state index is 11.1. The average Bonchev–Trinajstić information content (AvgIpc) is 2.79. The van der Waals surface area contributed by atoms with E-state index in [1.54, 1.807) is 0 Å². The van der Waals surface area contributed by atoms with Crippen LogP contribution < -0.4 is 0 Å². The van der Waals surface area contributed by atoms with Crippen LogP contribution in [0.1, 0.15) is 39.0 Å². The molecule has 94 valence electrons. The molecular weight excluding hydrogens is 200 g/mol. The topological polar surface area (TPSA) is 23.6 Å². The summed E-state index contributed by atoms with van der Waals surface area (Å²) >= 11 is 0. The second-order valence-corrected chi connectivity index (χ2v) is 4.85. The number of ketones is 1. The normalized spacial score (nSPS) is 17.2. The molecule has 1 heterocycles. The number of carbonyl (C=O) groups excluding carboxylic acids is 1. The number of likely N-dealkylation sites (N-methyl/N-ethyl adjacent to an activating group) is 1. The van der Waals surface area contributed by atoms with Crippen molar-refractivity contribution in [1.82, 2.24) is 9.80 Å². The molecule has 0 N–H and O–H groups in total. The Hall–Kier alpha value is -0.410. The van der Waals surface area contributed by atoms with Gasteiger partial charge in [-0.3, -0.25) is 4.79 Å². The lowest BCUT2D eigenvalue weighted by molar-refractivity contribution is -0.118. The van der Waals surface area contributed by atoms with Crippen molar-refractivity contribution in [2.75, 3.05) is 39.8 Å². The summed E-state index contributed by atoms with van der Waals surface area (Å²) in [6.45, 7) is 7.89. The summed E-state index contributed by atoms with van der Waals surface area (Å²) < 4.78 is 0. The molecule has 0 radical (unpaired) electrons. The van der Waals surface area contributed by atoms with Crippen LogP contribution in [0, 0.1) is 0 Å². The highest BCUT2D eigenvalue weighted by Gasteiger charge is 2.11. The summed E-state index contributed by atoms with van der Waals surface area (Å²) in [6.07, 6.45) is 5.20. The molecule has 3 nitrogen and oxygen atoms in total. The van der Waals surface area contributed by atoms with Crippen molar-refractivity contribution >= 4 is 5.78 Å². The summed E-state index contributed by atoms with van der Waals surface area (Å²) in [5, 5.41) is 0. The van der Waals surface area contributed by atoms with E-state index in [1.807, 2.05) is 6.92 Å². The van der Waals surface area contributed by atoms with Crippen LogP contribution in [-0.2, 0) is 4.79 Å².